The predicted molar refractivity (Wildman–Crippen MR) is 94.1 cm³/mol. The highest BCUT2D eigenvalue weighted by Gasteiger charge is 2.11. The maximum atomic E-state index is 11.8. The molecule has 8 heteroatoms. The molecule has 0 aliphatic heterocycles. The molecule has 0 saturated carbocycles. The molecule has 0 bridgehead atoms. The molecular formula is C18H18N2O6. The quantitative estimate of drug-likeness (QED) is 0.463. The van der Waals surface area contributed by atoms with E-state index < -0.39 is 23.4 Å². The van der Waals surface area contributed by atoms with Gasteiger partial charge in [0.05, 0.1) is 4.92 Å². The highest BCUT2D eigenvalue weighted by Crippen LogP contribution is 2.19. The smallest absolute Gasteiger partial charge is 0.344 e. The van der Waals surface area contributed by atoms with Crippen LogP contribution in [0.5, 0.6) is 5.75 Å². The van der Waals surface area contributed by atoms with Gasteiger partial charge < -0.3 is 14.8 Å². The van der Waals surface area contributed by atoms with Crippen molar-refractivity contribution in [2.45, 2.75) is 13.8 Å². The fourth-order valence-corrected chi connectivity index (χ4v) is 2.08. The van der Waals surface area contributed by atoms with Gasteiger partial charge in [0.15, 0.2) is 13.2 Å². The Morgan fingerprint density at radius 1 is 1.12 bits per heavy atom. The molecule has 1 amide bonds. The first-order chi connectivity index (χ1) is 12.3. The summed E-state index contributed by atoms with van der Waals surface area (Å²) in [6.45, 7) is 2.92. The molecule has 0 radical (unpaired) electrons. The number of carbonyl (C=O) groups is 2. The Morgan fingerprint density at radius 3 is 2.62 bits per heavy atom. The van der Waals surface area contributed by atoms with Crippen LogP contribution >= 0.6 is 0 Å². The summed E-state index contributed by atoms with van der Waals surface area (Å²) >= 11 is 0. The summed E-state index contributed by atoms with van der Waals surface area (Å²) in [6, 6.07) is 11.1. The normalized spacial score (nSPS) is 10.1. The Labute approximate surface area is 149 Å². The van der Waals surface area contributed by atoms with Crippen LogP contribution in [0, 0.1) is 24.0 Å². The fraction of sp³-hybridized carbons (Fsp3) is 0.222. The maximum Gasteiger partial charge on any atom is 0.344 e. The average molecular weight is 358 g/mol. The summed E-state index contributed by atoms with van der Waals surface area (Å²) in [5.41, 5.74) is 1.97. The van der Waals surface area contributed by atoms with Crippen molar-refractivity contribution in [3.63, 3.8) is 0 Å². The van der Waals surface area contributed by atoms with Crippen LogP contribution in [0.15, 0.2) is 42.5 Å². The molecule has 136 valence electrons. The summed E-state index contributed by atoms with van der Waals surface area (Å²) < 4.78 is 10.2. The number of amides is 1. The number of ether oxygens (including phenoxy) is 2. The molecule has 2 rings (SSSR count). The molecular weight excluding hydrogens is 340 g/mol. The van der Waals surface area contributed by atoms with Crippen molar-refractivity contribution >= 4 is 23.3 Å². The van der Waals surface area contributed by atoms with E-state index in [0.29, 0.717) is 5.75 Å². The van der Waals surface area contributed by atoms with E-state index in [1.54, 1.807) is 6.07 Å². The summed E-state index contributed by atoms with van der Waals surface area (Å²) in [7, 11) is 0. The zero-order valence-electron chi connectivity index (χ0n) is 14.4. The molecule has 0 spiro atoms. The second-order valence-corrected chi connectivity index (χ2v) is 5.57. The van der Waals surface area contributed by atoms with Crippen LogP contribution in [0.2, 0.25) is 0 Å². The number of rotatable bonds is 7. The van der Waals surface area contributed by atoms with E-state index in [1.165, 1.54) is 24.3 Å². The second-order valence-electron chi connectivity index (χ2n) is 5.57. The minimum Gasteiger partial charge on any atom is -0.482 e. The summed E-state index contributed by atoms with van der Waals surface area (Å²) in [4.78, 5) is 33.6. The van der Waals surface area contributed by atoms with Crippen molar-refractivity contribution in [2.75, 3.05) is 18.5 Å². The molecule has 2 aromatic carbocycles. The highest BCUT2D eigenvalue weighted by molar-refractivity contribution is 5.93. The molecule has 8 nitrogen and oxygen atoms in total. The van der Waals surface area contributed by atoms with Crippen molar-refractivity contribution in [2.24, 2.45) is 0 Å². The van der Waals surface area contributed by atoms with E-state index in [-0.39, 0.29) is 18.0 Å². The molecule has 0 heterocycles. The minimum absolute atomic E-state index is 0.151. The van der Waals surface area contributed by atoms with E-state index >= 15 is 0 Å². The van der Waals surface area contributed by atoms with Crippen molar-refractivity contribution < 1.29 is 24.0 Å². The molecule has 26 heavy (non-hydrogen) atoms. The molecule has 0 saturated heterocycles. The van der Waals surface area contributed by atoms with E-state index in [0.717, 1.165) is 11.1 Å². The lowest BCUT2D eigenvalue weighted by atomic mass is 10.1. The summed E-state index contributed by atoms with van der Waals surface area (Å²) in [6.07, 6.45) is 0. The van der Waals surface area contributed by atoms with Gasteiger partial charge in [0.1, 0.15) is 5.75 Å². The fourth-order valence-electron chi connectivity index (χ4n) is 2.08. The second kappa shape index (κ2) is 8.61. The molecule has 0 aliphatic carbocycles. The number of hydrogen-bond donors (Lipinski definition) is 1. The van der Waals surface area contributed by atoms with Crippen molar-refractivity contribution in [1.29, 1.82) is 0 Å². The van der Waals surface area contributed by atoms with Gasteiger partial charge in [-0.15, -0.1) is 0 Å². The van der Waals surface area contributed by atoms with Crippen LogP contribution < -0.4 is 10.1 Å². The van der Waals surface area contributed by atoms with Gasteiger partial charge in [0.2, 0.25) is 0 Å². The number of aryl methyl sites for hydroxylation is 2. The third-order valence-corrected chi connectivity index (χ3v) is 3.39. The van der Waals surface area contributed by atoms with Gasteiger partial charge in [-0.3, -0.25) is 14.9 Å². The first-order valence-electron chi connectivity index (χ1n) is 7.75. The molecule has 0 aromatic heterocycles. The van der Waals surface area contributed by atoms with Gasteiger partial charge in [-0.1, -0.05) is 18.2 Å². The number of benzene rings is 2. The number of nitrogens with one attached hydrogen (secondary N) is 1. The average Bonchev–Trinajstić information content (AvgIpc) is 2.61. The number of esters is 1. The van der Waals surface area contributed by atoms with Crippen molar-refractivity contribution in [3.8, 4) is 5.75 Å². The van der Waals surface area contributed by atoms with Gasteiger partial charge in [-0.2, -0.15) is 0 Å². The minimum atomic E-state index is -0.694. The van der Waals surface area contributed by atoms with Crippen LogP contribution in [0.3, 0.4) is 0 Å². The molecule has 1 N–H and O–H groups in total. The van der Waals surface area contributed by atoms with Crippen LogP contribution in [0.4, 0.5) is 11.4 Å². The SMILES string of the molecule is Cc1ccc(C)c(OCC(=O)OCC(=O)Nc2cccc([N+](=O)[O-])c2)c1. The van der Waals surface area contributed by atoms with Crippen LogP contribution in [0.1, 0.15) is 11.1 Å². The number of hydrogen-bond acceptors (Lipinski definition) is 6. The van der Waals surface area contributed by atoms with Crippen molar-refractivity contribution in [1.82, 2.24) is 0 Å². The number of nitrogens with zero attached hydrogens (tertiary/aromatic N) is 1. The molecule has 2 aromatic rings. The number of nitro groups is 1. The van der Waals surface area contributed by atoms with Gasteiger partial charge >= 0.3 is 5.97 Å². The Kier molecular flexibility index (Phi) is 6.26. The topological polar surface area (TPSA) is 108 Å². The lowest BCUT2D eigenvalue weighted by Gasteiger charge is -2.10. The van der Waals surface area contributed by atoms with E-state index in [2.05, 4.69) is 5.32 Å². The molecule has 0 atom stereocenters. The van der Waals surface area contributed by atoms with Crippen LogP contribution in [-0.4, -0.2) is 30.0 Å². The standard InChI is InChI=1S/C18H18N2O6/c1-12-6-7-13(2)16(8-12)25-11-18(22)26-10-17(21)19-14-4-3-5-15(9-14)20(23)24/h3-9H,10-11H2,1-2H3,(H,19,21). The Bertz CT molecular complexity index is 834. The molecule has 0 aliphatic rings. The zero-order chi connectivity index (χ0) is 19.1. The van der Waals surface area contributed by atoms with Gasteiger partial charge in [-0.05, 0) is 37.1 Å². The first-order valence-corrected chi connectivity index (χ1v) is 7.75. The Hall–Kier alpha value is -3.42. The van der Waals surface area contributed by atoms with Gasteiger partial charge in [-0.25, -0.2) is 4.79 Å². The third-order valence-electron chi connectivity index (χ3n) is 3.39. The molecule has 0 fully saturated rings. The number of anilines is 1. The number of carbonyl (C=O) groups excluding carboxylic acids is 2. The predicted octanol–water partition coefficient (Wildman–Crippen LogP) is 2.77. The Balaban J connectivity index is 1.80. The number of non-ortho nitro benzene ring substituents is 1. The van der Waals surface area contributed by atoms with E-state index in [9.17, 15) is 19.7 Å². The number of nitro benzene ring substituents is 1. The van der Waals surface area contributed by atoms with Crippen molar-refractivity contribution in [3.05, 3.63) is 63.7 Å². The monoisotopic (exact) mass is 358 g/mol. The third kappa shape index (κ3) is 5.59. The maximum absolute atomic E-state index is 11.8. The zero-order valence-corrected chi connectivity index (χ0v) is 14.4. The molecule has 0 unspecified atom stereocenters. The summed E-state index contributed by atoms with van der Waals surface area (Å²) in [5, 5.41) is 13.1. The lowest BCUT2D eigenvalue weighted by Crippen LogP contribution is -2.23. The first kappa shape index (κ1) is 18.9. The van der Waals surface area contributed by atoms with Gasteiger partial charge in [0.25, 0.3) is 11.6 Å². The largest absolute Gasteiger partial charge is 0.482 e. The van der Waals surface area contributed by atoms with E-state index in [4.69, 9.17) is 9.47 Å². The summed E-state index contributed by atoms with van der Waals surface area (Å²) in [5.74, 6) is -0.728. The highest BCUT2D eigenvalue weighted by atomic mass is 16.6. The lowest BCUT2D eigenvalue weighted by molar-refractivity contribution is -0.384. The van der Waals surface area contributed by atoms with E-state index in [1.807, 2.05) is 26.0 Å². The van der Waals surface area contributed by atoms with Crippen LogP contribution in [-0.2, 0) is 14.3 Å². The van der Waals surface area contributed by atoms with Gasteiger partial charge in [0, 0.05) is 17.8 Å². The van der Waals surface area contributed by atoms with Crippen LogP contribution in [0.25, 0.3) is 0 Å². The Morgan fingerprint density at radius 2 is 1.88 bits per heavy atom.